The quantitative estimate of drug-likeness (QED) is 0.655. The normalized spacial score (nSPS) is 18.7. The molecule has 4 heterocycles. The Balaban J connectivity index is 1.58. The number of hydrogen-bond acceptors (Lipinski definition) is 7. The van der Waals surface area contributed by atoms with E-state index in [1.54, 1.807) is 17.3 Å². The number of carbonyl (C=O) groups excluding carboxylic acids is 2. The first-order valence-electron chi connectivity index (χ1n) is 9.79. The highest BCUT2D eigenvalue weighted by atomic mass is 16.8. The fraction of sp³-hybridized carbons (Fsp3) is 0.227. The number of nitrogens with zero attached hydrogens (tertiary/aromatic N) is 3. The van der Waals surface area contributed by atoms with Gasteiger partial charge in [-0.25, -0.2) is 9.59 Å². The number of fused-ring (bicyclic) bond motifs is 1. The zero-order chi connectivity index (χ0) is 20.6. The zero-order valence-corrected chi connectivity index (χ0v) is 16.2. The molecule has 0 saturated carbocycles. The molecule has 152 valence electrons. The second kappa shape index (κ2) is 7.31. The number of pyridine rings is 1. The predicted molar refractivity (Wildman–Crippen MR) is 110 cm³/mol. The van der Waals surface area contributed by atoms with E-state index in [1.165, 1.54) is 0 Å². The first-order chi connectivity index (χ1) is 14.6. The van der Waals surface area contributed by atoms with Crippen molar-refractivity contribution in [1.29, 1.82) is 0 Å². The van der Waals surface area contributed by atoms with Crippen LogP contribution in [0.15, 0.2) is 67.1 Å². The van der Waals surface area contributed by atoms with Gasteiger partial charge in [-0.2, -0.15) is 0 Å². The van der Waals surface area contributed by atoms with Crippen LogP contribution in [0, 0.1) is 0 Å². The molecule has 5 rings (SSSR count). The minimum absolute atomic E-state index is 0.156. The fourth-order valence-corrected chi connectivity index (χ4v) is 3.93. The molecule has 0 bridgehead atoms. The van der Waals surface area contributed by atoms with Crippen LogP contribution in [0.5, 0.6) is 0 Å². The maximum atomic E-state index is 12.2. The predicted octanol–water partition coefficient (Wildman–Crippen LogP) is 2.14. The van der Waals surface area contributed by atoms with Crippen LogP contribution in [-0.2, 0) is 19.1 Å². The Labute approximate surface area is 172 Å². The molecule has 8 nitrogen and oxygen atoms in total. The highest BCUT2D eigenvalue weighted by Crippen LogP contribution is 2.31. The van der Waals surface area contributed by atoms with Crippen molar-refractivity contribution in [3.63, 3.8) is 0 Å². The van der Waals surface area contributed by atoms with Gasteiger partial charge in [-0.1, -0.05) is 18.2 Å². The number of rotatable bonds is 2. The average molecular weight is 404 g/mol. The van der Waals surface area contributed by atoms with E-state index in [2.05, 4.69) is 16.4 Å². The summed E-state index contributed by atoms with van der Waals surface area (Å²) in [5.41, 5.74) is 2.60. The number of anilines is 1. The molecule has 1 fully saturated rings. The molecule has 1 saturated heterocycles. The summed E-state index contributed by atoms with van der Waals surface area (Å²) in [6.45, 7) is 1.38. The zero-order valence-electron chi connectivity index (χ0n) is 16.2. The number of carbonyl (C=O) groups is 2. The molecule has 0 unspecified atom stereocenters. The Hall–Kier alpha value is -3.65. The molecule has 1 N–H and O–H groups in total. The summed E-state index contributed by atoms with van der Waals surface area (Å²) in [5.74, 6) is -2.84. The lowest BCUT2D eigenvalue weighted by atomic mass is 10.2. The number of nitrogens with one attached hydrogen (secondary N) is 1. The van der Waals surface area contributed by atoms with Crippen LogP contribution in [0.1, 0.15) is 6.42 Å². The van der Waals surface area contributed by atoms with Crippen LogP contribution in [0.3, 0.4) is 0 Å². The number of esters is 2. The van der Waals surface area contributed by atoms with Gasteiger partial charge in [-0.15, -0.1) is 0 Å². The standard InChI is InChI=1S/C22H20N4O4/c27-20-6-7-21(28)30-22(29-20)15-23-9-3-10-26(22)18-12-17(13-24-14-18)25-11-8-16-4-1-2-5-19(16)25/h1-2,4-8,11-14,23H,3,9-10,15H2. The van der Waals surface area contributed by atoms with Gasteiger partial charge in [-0.3, -0.25) is 9.88 Å². The number of hydrogen-bond donors (Lipinski definition) is 1. The van der Waals surface area contributed by atoms with Gasteiger partial charge < -0.3 is 19.4 Å². The summed E-state index contributed by atoms with van der Waals surface area (Å²) >= 11 is 0. The third-order valence-electron chi connectivity index (χ3n) is 5.27. The van der Waals surface area contributed by atoms with Gasteiger partial charge in [0.25, 0.3) is 0 Å². The van der Waals surface area contributed by atoms with Gasteiger partial charge >= 0.3 is 17.8 Å². The molecule has 0 amide bonds. The molecule has 0 atom stereocenters. The van der Waals surface area contributed by atoms with E-state index in [4.69, 9.17) is 9.47 Å². The molecule has 3 aromatic rings. The van der Waals surface area contributed by atoms with E-state index >= 15 is 0 Å². The first-order valence-corrected chi connectivity index (χ1v) is 9.79. The maximum Gasteiger partial charge on any atom is 0.356 e. The first kappa shape index (κ1) is 18.4. The monoisotopic (exact) mass is 404 g/mol. The van der Waals surface area contributed by atoms with Gasteiger partial charge in [0.2, 0.25) is 0 Å². The van der Waals surface area contributed by atoms with E-state index in [-0.39, 0.29) is 6.54 Å². The van der Waals surface area contributed by atoms with Gasteiger partial charge in [-0.05, 0) is 36.6 Å². The molecular formula is C22H20N4O4. The SMILES string of the molecule is O=C1C=CC(=O)OC2(CNCCCN2c2cncc(-n3ccc4ccccc43)c2)O1. The van der Waals surface area contributed by atoms with Crippen LogP contribution >= 0.6 is 0 Å². The molecule has 8 heteroatoms. The summed E-state index contributed by atoms with van der Waals surface area (Å²) in [7, 11) is 0. The van der Waals surface area contributed by atoms with Crippen molar-refractivity contribution in [2.75, 3.05) is 24.5 Å². The van der Waals surface area contributed by atoms with Crippen LogP contribution < -0.4 is 10.2 Å². The molecular weight excluding hydrogens is 384 g/mol. The average Bonchev–Trinajstić information content (AvgIpc) is 3.00. The summed E-state index contributed by atoms with van der Waals surface area (Å²) < 4.78 is 13.3. The van der Waals surface area contributed by atoms with E-state index in [1.807, 2.05) is 41.1 Å². The van der Waals surface area contributed by atoms with E-state index < -0.39 is 17.8 Å². The van der Waals surface area contributed by atoms with Crippen molar-refractivity contribution in [3.05, 3.63) is 67.1 Å². The van der Waals surface area contributed by atoms with Crippen LogP contribution in [-0.4, -0.2) is 47.0 Å². The van der Waals surface area contributed by atoms with Crippen molar-refractivity contribution >= 4 is 28.5 Å². The number of para-hydroxylation sites is 1. The summed E-state index contributed by atoms with van der Waals surface area (Å²) in [5, 5.41) is 4.31. The maximum absolute atomic E-state index is 12.2. The van der Waals surface area contributed by atoms with E-state index in [0.717, 1.165) is 35.2 Å². The Morgan fingerprint density at radius 3 is 2.60 bits per heavy atom. The lowest BCUT2D eigenvalue weighted by Crippen LogP contribution is -2.58. The van der Waals surface area contributed by atoms with Gasteiger partial charge in [0.1, 0.15) is 0 Å². The number of benzene rings is 1. The van der Waals surface area contributed by atoms with Crippen molar-refractivity contribution in [1.82, 2.24) is 14.9 Å². The highest BCUT2D eigenvalue weighted by molar-refractivity contribution is 5.93. The fourth-order valence-electron chi connectivity index (χ4n) is 3.93. The van der Waals surface area contributed by atoms with Crippen molar-refractivity contribution in [3.8, 4) is 5.69 Å². The van der Waals surface area contributed by atoms with Crippen LogP contribution in [0.4, 0.5) is 5.69 Å². The Morgan fingerprint density at radius 1 is 1.00 bits per heavy atom. The third-order valence-corrected chi connectivity index (χ3v) is 5.27. The summed E-state index contributed by atoms with van der Waals surface area (Å²) in [6, 6.07) is 12.1. The van der Waals surface area contributed by atoms with Crippen LogP contribution in [0.25, 0.3) is 16.6 Å². The van der Waals surface area contributed by atoms with Gasteiger partial charge in [0.05, 0.1) is 35.8 Å². The molecule has 30 heavy (non-hydrogen) atoms. The second-order valence-electron chi connectivity index (χ2n) is 7.22. The van der Waals surface area contributed by atoms with E-state index in [9.17, 15) is 9.59 Å². The van der Waals surface area contributed by atoms with Crippen molar-refractivity contribution in [2.24, 2.45) is 0 Å². The molecule has 2 aliphatic heterocycles. The van der Waals surface area contributed by atoms with Crippen molar-refractivity contribution in [2.45, 2.75) is 12.3 Å². The Morgan fingerprint density at radius 2 is 1.77 bits per heavy atom. The Kier molecular flexibility index (Phi) is 4.48. The number of ether oxygens (including phenoxy) is 2. The molecule has 0 radical (unpaired) electrons. The third kappa shape index (κ3) is 3.21. The largest absolute Gasteiger partial charge is 0.399 e. The minimum atomic E-state index is -1.58. The Bertz CT molecular complexity index is 1130. The summed E-state index contributed by atoms with van der Waals surface area (Å²) in [6.07, 6.45) is 8.39. The smallest absolute Gasteiger partial charge is 0.356 e. The molecule has 2 aromatic heterocycles. The van der Waals surface area contributed by atoms with Crippen LogP contribution in [0.2, 0.25) is 0 Å². The van der Waals surface area contributed by atoms with E-state index in [0.29, 0.717) is 18.8 Å². The van der Waals surface area contributed by atoms with Gasteiger partial charge in [0.15, 0.2) is 0 Å². The topological polar surface area (TPSA) is 85.7 Å². The number of aromatic nitrogens is 2. The lowest BCUT2D eigenvalue weighted by Gasteiger charge is -2.40. The second-order valence-corrected chi connectivity index (χ2v) is 7.22. The minimum Gasteiger partial charge on any atom is -0.399 e. The summed E-state index contributed by atoms with van der Waals surface area (Å²) in [4.78, 5) is 30.6. The van der Waals surface area contributed by atoms with Gasteiger partial charge in [0, 0.05) is 24.9 Å². The molecule has 0 aliphatic carbocycles. The highest BCUT2D eigenvalue weighted by Gasteiger charge is 2.47. The molecule has 2 aliphatic rings. The molecule has 1 spiro atoms. The molecule has 1 aromatic carbocycles. The van der Waals surface area contributed by atoms with Crippen molar-refractivity contribution < 1.29 is 19.1 Å². The lowest BCUT2D eigenvalue weighted by molar-refractivity contribution is -0.217.